The Labute approximate surface area is 136 Å². The normalized spacial score (nSPS) is 15.8. The molecule has 1 aliphatic rings. The molecule has 1 aromatic heterocycles. The van der Waals surface area contributed by atoms with Crippen molar-refractivity contribution in [2.45, 2.75) is 19.9 Å². The first kappa shape index (κ1) is 15.5. The van der Waals surface area contributed by atoms with Gasteiger partial charge in [0.2, 0.25) is 5.91 Å². The number of amides is 1. The van der Waals surface area contributed by atoms with Crippen LogP contribution in [0.25, 0.3) is 0 Å². The van der Waals surface area contributed by atoms with E-state index in [0.717, 1.165) is 43.2 Å². The van der Waals surface area contributed by atoms with Crippen LogP contribution < -0.4 is 10.1 Å². The van der Waals surface area contributed by atoms with Crippen molar-refractivity contribution in [2.24, 2.45) is 0 Å². The molecule has 1 fully saturated rings. The van der Waals surface area contributed by atoms with E-state index in [-0.39, 0.29) is 5.91 Å². The van der Waals surface area contributed by atoms with Crippen LogP contribution in [0.2, 0.25) is 0 Å². The molecule has 0 bridgehead atoms. The first-order chi connectivity index (χ1) is 11.2. The van der Waals surface area contributed by atoms with Gasteiger partial charge < -0.3 is 10.1 Å². The van der Waals surface area contributed by atoms with Crippen LogP contribution in [0, 0.1) is 6.92 Å². The second-order valence-electron chi connectivity index (χ2n) is 5.77. The van der Waals surface area contributed by atoms with Crippen molar-refractivity contribution in [1.29, 1.82) is 0 Å². The van der Waals surface area contributed by atoms with Gasteiger partial charge in [-0.2, -0.15) is 0 Å². The minimum atomic E-state index is 0.142. The lowest BCUT2D eigenvalue weighted by molar-refractivity contribution is -0.120. The van der Waals surface area contributed by atoms with Crippen LogP contribution in [0.1, 0.15) is 17.5 Å². The van der Waals surface area contributed by atoms with Gasteiger partial charge in [0.05, 0.1) is 6.20 Å². The summed E-state index contributed by atoms with van der Waals surface area (Å²) in [6, 6.07) is 9.97. The molecule has 0 spiro atoms. The molecule has 3 rings (SSSR count). The van der Waals surface area contributed by atoms with Gasteiger partial charge in [0, 0.05) is 38.8 Å². The molecule has 0 unspecified atom stereocenters. The van der Waals surface area contributed by atoms with Crippen LogP contribution in [0.15, 0.2) is 42.7 Å². The molecule has 1 amide bonds. The van der Waals surface area contributed by atoms with Gasteiger partial charge >= 0.3 is 0 Å². The summed E-state index contributed by atoms with van der Waals surface area (Å²) >= 11 is 0. The average Bonchev–Trinajstić information content (AvgIpc) is 2.76. The zero-order valence-corrected chi connectivity index (χ0v) is 13.3. The zero-order valence-electron chi connectivity index (χ0n) is 13.3. The van der Waals surface area contributed by atoms with Crippen LogP contribution in [0.3, 0.4) is 0 Å². The molecule has 1 saturated heterocycles. The number of aromatic nitrogens is 1. The number of carbonyl (C=O) groups excluding carboxylic acids is 1. The second kappa shape index (κ2) is 7.24. The van der Waals surface area contributed by atoms with Crippen LogP contribution in [-0.4, -0.2) is 35.4 Å². The first-order valence-electron chi connectivity index (χ1n) is 7.87. The van der Waals surface area contributed by atoms with E-state index >= 15 is 0 Å². The number of ether oxygens (including phenoxy) is 1. The summed E-state index contributed by atoms with van der Waals surface area (Å²) in [5.74, 6) is 1.72. The molecular formula is C18H21N3O2. The van der Waals surface area contributed by atoms with Crippen LogP contribution in [0.4, 0.5) is 0 Å². The number of carbonyl (C=O) groups is 1. The standard InChI is InChI=1S/C18H21N3O2/c1-14-11-15(13-21-9-6-18(22)20-8-10-21)4-5-17(14)23-16-3-2-7-19-12-16/h2-5,7,11-12H,6,8-10,13H2,1H3,(H,20,22). The molecule has 1 aliphatic heterocycles. The van der Waals surface area contributed by atoms with Crippen LogP contribution in [0.5, 0.6) is 11.5 Å². The minimum Gasteiger partial charge on any atom is -0.455 e. The van der Waals surface area contributed by atoms with Crippen molar-refractivity contribution in [3.8, 4) is 11.5 Å². The first-order valence-corrected chi connectivity index (χ1v) is 7.87. The fourth-order valence-electron chi connectivity index (χ4n) is 2.69. The topological polar surface area (TPSA) is 54.5 Å². The number of hydrogen-bond acceptors (Lipinski definition) is 4. The molecule has 0 radical (unpaired) electrons. The highest BCUT2D eigenvalue weighted by Crippen LogP contribution is 2.25. The molecule has 2 aromatic rings. The summed E-state index contributed by atoms with van der Waals surface area (Å²) in [7, 11) is 0. The van der Waals surface area contributed by atoms with E-state index in [1.807, 2.05) is 25.1 Å². The maximum atomic E-state index is 11.4. The third kappa shape index (κ3) is 4.29. The lowest BCUT2D eigenvalue weighted by Gasteiger charge is -2.19. The maximum Gasteiger partial charge on any atom is 0.221 e. The molecule has 5 nitrogen and oxygen atoms in total. The second-order valence-corrected chi connectivity index (χ2v) is 5.77. The van der Waals surface area contributed by atoms with Gasteiger partial charge in [0.25, 0.3) is 0 Å². The number of hydrogen-bond donors (Lipinski definition) is 1. The van der Waals surface area contributed by atoms with E-state index in [2.05, 4.69) is 27.3 Å². The predicted molar refractivity (Wildman–Crippen MR) is 88.4 cm³/mol. The predicted octanol–water partition coefficient (Wildman–Crippen LogP) is 2.50. The van der Waals surface area contributed by atoms with E-state index in [1.165, 1.54) is 5.56 Å². The Morgan fingerprint density at radius 2 is 2.22 bits per heavy atom. The van der Waals surface area contributed by atoms with Crippen LogP contribution >= 0.6 is 0 Å². The Balaban J connectivity index is 1.65. The lowest BCUT2D eigenvalue weighted by atomic mass is 10.1. The minimum absolute atomic E-state index is 0.142. The quantitative estimate of drug-likeness (QED) is 0.942. The molecule has 2 heterocycles. The number of aryl methyl sites for hydroxylation is 1. The summed E-state index contributed by atoms with van der Waals surface area (Å²) in [5, 5.41) is 2.90. The van der Waals surface area contributed by atoms with Gasteiger partial charge in [-0.1, -0.05) is 12.1 Å². The van der Waals surface area contributed by atoms with Crippen molar-refractivity contribution in [1.82, 2.24) is 15.2 Å². The van der Waals surface area contributed by atoms with Gasteiger partial charge in [-0.15, -0.1) is 0 Å². The molecular weight excluding hydrogens is 290 g/mol. The molecule has 120 valence electrons. The van der Waals surface area contributed by atoms with E-state index in [4.69, 9.17) is 4.74 Å². The molecule has 0 saturated carbocycles. The van der Waals surface area contributed by atoms with E-state index in [9.17, 15) is 4.79 Å². The zero-order chi connectivity index (χ0) is 16.1. The monoisotopic (exact) mass is 311 g/mol. The molecule has 5 heteroatoms. The van der Waals surface area contributed by atoms with E-state index in [1.54, 1.807) is 12.4 Å². The highest BCUT2D eigenvalue weighted by molar-refractivity contribution is 5.76. The summed E-state index contributed by atoms with van der Waals surface area (Å²) in [4.78, 5) is 17.7. The van der Waals surface area contributed by atoms with E-state index < -0.39 is 0 Å². The number of benzene rings is 1. The van der Waals surface area contributed by atoms with Crippen molar-refractivity contribution in [3.05, 3.63) is 53.9 Å². The highest BCUT2D eigenvalue weighted by Gasteiger charge is 2.14. The summed E-state index contributed by atoms with van der Waals surface area (Å²) < 4.78 is 5.86. The third-order valence-electron chi connectivity index (χ3n) is 3.91. The Kier molecular flexibility index (Phi) is 4.88. The number of rotatable bonds is 4. The van der Waals surface area contributed by atoms with Crippen molar-refractivity contribution in [3.63, 3.8) is 0 Å². The maximum absolute atomic E-state index is 11.4. The Morgan fingerprint density at radius 1 is 1.30 bits per heavy atom. The van der Waals surface area contributed by atoms with Gasteiger partial charge in [0.1, 0.15) is 11.5 Å². The largest absolute Gasteiger partial charge is 0.455 e. The number of pyridine rings is 1. The molecule has 0 atom stereocenters. The third-order valence-corrected chi connectivity index (χ3v) is 3.91. The summed E-state index contributed by atoms with van der Waals surface area (Å²) in [6.45, 7) is 5.31. The van der Waals surface area contributed by atoms with Crippen molar-refractivity contribution in [2.75, 3.05) is 19.6 Å². The SMILES string of the molecule is Cc1cc(CN2CCNC(=O)CC2)ccc1Oc1cccnc1. The smallest absolute Gasteiger partial charge is 0.221 e. The molecule has 0 aliphatic carbocycles. The Hall–Kier alpha value is -2.40. The Bertz CT molecular complexity index is 673. The van der Waals surface area contributed by atoms with Gasteiger partial charge in [-0.05, 0) is 36.2 Å². The van der Waals surface area contributed by atoms with Crippen molar-refractivity contribution >= 4 is 5.91 Å². The number of nitrogens with zero attached hydrogens (tertiary/aromatic N) is 2. The highest BCUT2D eigenvalue weighted by atomic mass is 16.5. The number of nitrogens with one attached hydrogen (secondary N) is 1. The van der Waals surface area contributed by atoms with Crippen LogP contribution in [-0.2, 0) is 11.3 Å². The van der Waals surface area contributed by atoms with Gasteiger partial charge in [-0.25, -0.2) is 0 Å². The fourth-order valence-corrected chi connectivity index (χ4v) is 2.69. The van der Waals surface area contributed by atoms with Crippen molar-refractivity contribution < 1.29 is 9.53 Å². The van der Waals surface area contributed by atoms with E-state index in [0.29, 0.717) is 6.42 Å². The molecule has 1 aromatic carbocycles. The Morgan fingerprint density at radius 3 is 3.00 bits per heavy atom. The lowest BCUT2D eigenvalue weighted by Crippen LogP contribution is -2.28. The van der Waals surface area contributed by atoms with Gasteiger partial charge in [0.15, 0.2) is 0 Å². The summed E-state index contributed by atoms with van der Waals surface area (Å²) in [6.07, 6.45) is 4.00. The molecule has 23 heavy (non-hydrogen) atoms. The molecule has 1 N–H and O–H groups in total. The summed E-state index contributed by atoms with van der Waals surface area (Å²) in [5.41, 5.74) is 2.32. The fraction of sp³-hybridized carbons (Fsp3) is 0.333. The average molecular weight is 311 g/mol. The van der Waals surface area contributed by atoms with Gasteiger partial charge in [-0.3, -0.25) is 14.7 Å².